The first-order valence-electron chi connectivity index (χ1n) is 28.8. The summed E-state index contributed by atoms with van der Waals surface area (Å²) in [5.41, 5.74) is 8.29. The predicted molar refractivity (Wildman–Crippen MR) is 336 cm³/mol. The molecule has 0 unspecified atom stereocenters. The third-order valence-corrected chi connectivity index (χ3v) is 15.3. The van der Waals surface area contributed by atoms with Crippen LogP contribution in [0.4, 0.5) is 0 Å². The summed E-state index contributed by atoms with van der Waals surface area (Å²) in [7, 11) is 0. The number of hydrogen-bond donors (Lipinski definition) is 2. The Hall–Kier alpha value is -10.1. The molecule has 0 bridgehead atoms. The first-order chi connectivity index (χ1) is 41.9. The standard InChI is InChI=1S/C77H66N2O6/c80-74(83-56-60-30-12-2-13-31-60)70(78-76(63-34-16-4-17-35-63,64-36-18-5-19-37-64)65-38-20-6-21-39-65)52-58-46-49-69(50-47-58)85-73-54-62(48-51-72(73)82-55-59-28-10-1-11-29-59)53-71(75(81)84-57-61-32-14-3-15-33-61)79-77(66-40-22-7-23-41-66,67-42-24-8-25-43-67)68-44-26-9-27-45-68/h1-51,54,70-71,78-79H,52-53,55-57H2/t70-,71-/m0/s1. The molecule has 85 heavy (non-hydrogen) atoms. The lowest BCUT2D eigenvalue weighted by atomic mass is 9.76. The number of hydrogen-bond acceptors (Lipinski definition) is 8. The molecule has 11 aromatic rings. The molecule has 0 saturated heterocycles. The van der Waals surface area contributed by atoms with E-state index in [9.17, 15) is 9.59 Å². The third kappa shape index (κ3) is 13.9. The average Bonchev–Trinajstić information content (AvgIpc) is 2.83. The molecular formula is C77H66N2O6. The molecule has 0 amide bonds. The van der Waals surface area contributed by atoms with Crippen LogP contribution in [0.25, 0.3) is 0 Å². The van der Waals surface area contributed by atoms with Gasteiger partial charge in [0.2, 0.25) is 0 Å². The first-order valence-corrected chi connectivity index (χ1v) is 28.8. The van der Waals surface area contributed by atoms with Crippen molar-refractivity contribution >= 4 is 11.9 Å². The number of carbonyl (C=O) groups is 2. The van der Waals surface area contributed by atoms with Gasteiger partial charge in [0.15, 0.2) is 11.5 Å². The van der Waals surface area contributed by atoms with Crippen LogP contribution in [-0.2, 0) is 62.8 Å². The van der Waals surface area contributed by atoms with Crippen LogP contribution in [0.2, 0.25) is 0 Å². The molecule has 0 aliphatic heterocycles. The van der Waals surface area contributed by atoms with Crippen LogP contribution in [0.3, 0.4) is 0 Å². The number of benzene rings is 11. The zero-order valence-electron chi connectivity index (χ0n) is 47.2. The van der Waals surface area contributed by atoms with E-state index >= 15 is 0 Å². The van der Waals surface area contributed by atoms with E-state index < -0.39 is 35.1 Å². The van der Waals surface area contributed by atoms with Crippen molar-refractivity contribution in [1.82, 2.24) is 10.6 Å². The Morgan fingerprint density at radius 2 is 0.600 bits per heavy atom. The second-order valence-electron chi connectivity index (χ2n) is 21.0. The number of nitrogens with one attached hydrogen (secondary N) is 2. The predicted octanol–water partition coefficient (Wildman–Crippen LogP) is 15.5. The maximum Gasteiger partial charge on any atom is 0.323 e. The van der Waals surface area contributed by atoms with Crippen LogP contribution in [0, 0.1) is 0 Å². The van der Waals surface area contributed by atoms with E-state index in [1.165, 1.54) is 0 Å². The summed E-state index contributed by atoms with van der Waals surface area (Å²) in [6, 6.07) is 103. The minimum absolute atomic E-state index is 0.100. The van der Waals surface area contributed by atoms with Crippen molar-refractivity contribution < 1.29 is 28.5 Å². The fraction of sp³-hybridized carbons (Fsp3) is 0.117. The Morgan fingerprint density at radius 1 is 0.306 bits per heavy atom. The van der Waals surface area contributed by atoms with Gasteiger partial charge in [-0.25, -0.2) is 0 Å². The maximum absolute atomic E-state index is 15.0. The van der Waals surface area contributed by atoms with Crippen molar-refractivity contribution in [3.05, 3.63) is 377 Å². The van der Waals surface area contributed by atoms with Crippen molar-refractivity contribution in [2.45, 2.75) is 55.8 Å². The summed E-state index contributed by atoms with van der Waals surface area (Å²) in [4.78, 5) is 29.8. The zero-order chi connectivity index (χ0) is 57.9. The van der Waals surface area contributed by atoms with Crippen molar-refractivity contribution in [3.63, 3.8) is 0 Å². The number of rotatable bonds is 25. The quantitative estimate of drug-likeness (QED) is 0.0432. The van der Waals surface area contributed by atoms with Crippen LogP contribution >= 0.6 is 0 Å². The highest BCUT2D eigenvalue weighted by Gasteiger charge is 2.42. The van der Waals surface area contributed by atoms with Gasteiger partial charge in [-0.3, -0.25) is 20.2 Å². The molecule has 0 aromatic heterocycles. The smallest absolute Gasteiger partial charge is 0.323 e. The SMILES string of the molecule is O=C(OCc1ccccc1)[C@H](Cc1ccc(Oc2cc(C[C@H](NC(c3ccccc3)(c3ccccc3)c3ccccc3)C(=O)OCc3ccccc3)ccc2OCc2ccccc2)cc1)NC(c1ccccc1)(c1ccccc1)c1ccccc1. The van der Waals surface area contributed by atoms with Crippen molar-refractivity contribution in [3.8, 4) is 17.2 Å². The summed E-state index contributed by atoms with van der Waals surface area (Å²) >= 11 is 0. The summed E-state index contributed by atoms with van der Waals surface area (Å²) in [5.74, 6) is 0.717. The molecule has 0 spiro atoms. The molecule has 2 atom stereocenters. The van der Waals surface area contributed by atoms with Crippen LogP contribution in [0.15, 0.2) is 315 Å². The summed E-state index contributed by atoms with van der Waals surface area (Å²) in [6.07, 6.45) is 0.510. The van der Waals surface area contributed by atoms with Crippen molar-refractivity contribution in [2.75, 3.05) is 0 Å². The Labute approximate surface area is 498 Å². The molecular weight excluding hydrogens is 1050 g/mol. The van der Waals surface area contributed by atoms with Crippen molar-refractivity contribution in [2.24, 2.45) is 0 Å². The number of carbonyl (C=O) groups excluding carboxylic acids is 2. The molecule has 0 aliphatic rings. The van der Waals surface area contributed by atoms with Crippen LogP contribution < -0.4 is 20.1 Å². The first kappa shape index (κ1) is 56.7. The highest BCUT2D eigenvalue weighted by molar-refractivity contribution is 5.78. The van der Waals surface area contributed by atoms with Gasteiger partial charge >= 0.3 is 11.9 Å². The summed E-state index contributed by atoms with van der Waals surface area (Å²) in [6.45, 7) is 0.514. The molecule has 8 heteroatoms. The van der Waals surface area contributed by atoms with E-state index in [1.54, 1.807) is 0 Å². The fourth-order valence-corrected chi connectivity index (χ4v) is 11.1. The highest BCUT2D eigenvalue weighted by atomic mass is 16.5. The minimum atomic E-state index is -0.987. The van der Waals surface area contributed by atoms with Gasteiger partial charge in [-0.1, -0.05) is 291 Å². The van der Waals surface area contributed by atoms with Gasteiger partial charge in [0.1, 0.15) is 37.7 Å². The van der Waals surface area contributed by atoms with Gasteiger partial charge in [0.25, 0.3) is 0 Å². The second kappa shape index (κ2) is 27.8. The second-order valence-corrected chi connectivity index (χ2v) is 21.0. The number of ether oxygens (including phenoxy) is 4. The summed E-state index contributed by atoms with van der Waals surface area (Å²) in [5, 5.41) is 7.85. The topological polar surface area (TPSA) is 95.1 Å². The van der Waals surface area contributed by atoms with Gasteiger partial charge in [0, 0.05) is 0 Å². The van der Waals surface area contributed by atoms with E-state index in [1.807, 2.05) is 243 Å². The van der Waals surface area contributed by atoms with E-state index in [0.717, 1.165) is 61.2 Å². The molecule has 11 rings (SSSR count). The lowest BCUT2D eigenvalue weighted by Crippen LogP contribution is -2.53. The lowest BCUT2D eigenvalue weighted by molar-refractivity contribution is -0.148. The molecule has 2 N–H and O–H groups in total. The van der Waals surface area contributed by atoms with E-state index in [2.05, 4.69) is 83.4 Å². The van der Waals surface area contributed by atoms with Gasteiger partial charge in [-0.15, -0.1) is 0 Å². The van der Waals surface area contributed by atoms with E-state index in [-0.39, 0.29) is 26.1 Å². The van der Waals surface area contributed by atoms with Gasteiger partial charge in [-0.2, -0.15) is 0 Å². The zero-order valence-corrected chi connectivity index (χ0v) is 47.2. The maximum atomic E-state index is 15.0. The molecule has 0 fully saturated rings. The Kier molecular flexibility index (Phi) is 18.5. The van der Waals surface area contributed by atoms with Crippen molar-refractivity contribution in [1.29, 1.82) is 0 Å². The van der Waals surface area contributed by atoms with Crippen LogP contribution in [-0.4, -0.2) is 24.0 Å². The minimum Gasteiger partial charge on any atom is -0.485 e. The Bertz CT molecular complexity index is 3630. The molecule has 0 radical (unpaired) electrons. The highest BCUT2D eigenvalue weighted by Crippen LogP contribution is 2.41. The molecule has 0 heterocycles. The van der Waals surface area contributed by atoms with E-state index in [0.29, 0.717) is 23.9 Å². The number of esters is 2. The molecule has 8 nitrogen and oxygen atoms in total. The molecule has 420 valence electrons. The molecule has 0 aliphatic carbocycles. The van der Waals surface area contributed by atoms with Crippen LogP contribution in [0.5, 0.6) is 17.2 Å². The largest absolute Gasteiger partial charge is 0.485 e. The molecule has 11 aromatic carbocycles. The van der Waals surface area contributed by atoms with Gasteiger partial charge < -0.3 is 18.9 Å². The fourth-order valence-electron chi connectivity index (χ4n) is 11.1. The third-order valence-electron chi connectivity index (χ3n) is 15.3. The van der Waals surface area contributed by atoms with Gasteiger partial charge in [-0.05, 0) is 98.3 Å². The molecule has 0 saturated carbocycles. The Morgan fingerprint density at radius 3 is 0.941 bits per heavy atom. The van der Waals surface area contributed by atoms with Crippen LogP contribution in [0.1, 0.15) is 61.2 Å². The lowest BCUT2D eigenvalue weighted by Gasteiger charge is -2.39. The normalized spacial score (nSPS) is 12.1. The summed E-state index contributed by atoms with van der Waals surface area (Å²) < 4.78 is 25.9. The Balaban J connectivity index is 0.938. The monoisotopic (exact) mass is 1110 g/mol. The average molecular weight is 1120 g/mol. The van der Waals surface area contributed by atoms with E-state index in [4.69, 9.17) is 18.9 Å². The van der Waals surface area contributed by atoms with Gasteiger partial charge in [0.05, 0.1) is 11.1 Å².